The minimum absolute atomic E-state index is 0.158. The first-order chi connectivity index (χ1) is 5.74. The van der Waals surface area contributed by atoms with Gasteiger partial charge in [0.25, 0.3) is 0 Å². The molecule has 0 aromatic carbocycles. The van der Waals surface area contributed by atoms with Crippen LogP contribution in [0.3, 0.4) is 0 Å². The van der Waals surface area contributed by atoms with Gasteiger partial charge >= 0.3 is 0 Å². The maximum atomic E-state index is 11.4. The molecular weight excluding hydrogens is 152 g/mol. The first kappa shape index (κ1) is 9.52. The standard InChI is InChI=1S/C9H18N2O/c1-3-7(2)9(12)11-8-4-5-10-6-8/h7-8,10H,3-6H2,1-2H3,(H,11,12)/t7?,8-/m1/s1. The highest BCUT2D eigenvalue weighted by Crippen LogP contribution is 2.03. The van der Waals surface area contributed by atoms with Crippen LogP contribution in [0.25, 0.3) is 0 Å². The normalized spacial score (nSPS) is 25.3. The Labute approximate surface area is 73.9 Å². The minimum Gasteiger partial charge on any atom is -0.352 e. The fourth-order valence-electron chi connectivity index (χ4n) is 1.31. The van der Waals surface area contributed by atoms with Gasteiger partial charge in [0.15, 0.2) is 0 Å². The van der Waals surface area contributed by atoms with Gasteiger partial charge in [0.1, 0.15) is 0 Å². The summed E-state index contributed by atoms with van der Waals surface area (Å²) < 4.78 is 0. The first-order valence-corrected chi connectivity index (χ1v) is 4.75. The van der Waals surface area contributed by atoms with E-state index in [9.17, 15) is 4.79 Å². The van der Waals surface area contributed by atoms with Gasteiger partial charge in [-0.1, -0.05) is 13.8 Å². The second-order valence-electron chi connectivity index (χ2n) is 3.51. The molecule has 1 saturated heterocycles. The molecule has 1 aliphatic rings. The Balaban J connectivity index is 2.25. The van der Waals surface area contributed by atoms with Crippen molar-refractivity contribution in [1.82, 2.24) is 10.6 Å². The Morgan fingerprint density at radius 2 is 2.50 bits per heavy atom. The van der Waals surface area contributed by atoms with E-state index in [4.69, 9.17) is 0 Å². The molecule has 0 aromatic rings. The lowest BCUT2D eigenvalue weighted by atomic mass is 10.1. The quantitative estimate of drug-likeness (QED) is 0.648. The molecule has 1 unspecified atom stereocenters. The number of carbonyl (C=O) groups excluding carboxylic acids is 1. The average molecular weight is 170 g/mol. The Bertz CT molecular complexity index is 153. The molecule has 3 nitrogen and oxygen atoms in total. The smallest absolute Gasteiger partial charge is 0.223 e. The monoisotopic (exact) mass is 170 g/mol. The minimum atomic E-state index is 0.158. The Hall–Kier alpha value is -0.570. The lowest BCUT2D eigenvalue weighted by Crippen LogP contribution is -2.39. The Morgan fingerprint density at radius 3 is 3.00 bits per heavy atom. The topological polar surface area (TPSA) is 41.1 Å². The fourth-order valence-corrected chi connectivity index (χ4v) is 1.31. The third-order valence-electron chi connectivity index (χ3n) is 2.47. The van der Waals surface area contributed by atoms with E-state index in [0.717, 1.165) is 25.9 Å². The molecule has 1 amide bonds. The number of amides is 1. The van der Waals surface area contributed by atoms with Gasteiger partial charge in [-0.05, 0) is 19.4 Å². The van der Waals surface area contributed by atoms with Gasteiger partial charge in [-0.3, -0.25) is 4.79 Å². The second-order valence-corrected chi connectivity index (χ2v) is 3.51. The molecule has 70 valence electrons. The predicted octanol–water partition coefficient (Wildman–Crippen LogP) is 0.511. The molecule has 0 aliphatic carbocycles. The van der Waals surface area contributed by atoms with Crippen LogP contribution < -0.4 is 10.6 Å². The Morgan fingerprint density at radius 1 is 1.75 bits per heavy atom. The molecule has 1 aliphatic heterocycles. The van der Waals surface area contributed by atoms with Gasteiger partial charge in [-0.15, -0.1) is 0 Å². The molecule has 1 rings (SSSR count). The lowest BCUT2D eigenvalue weighted by molar-refractivity contribution is -0.125. The number of rotatable bonds is 3. The Kier molecular flexibility index (Phi) is 3.53. The van der Waals surface area contributed by atoms with Gasteiger partial charge in [0.2, 0.25) is 5.91 Å². The van der Waals surface area contributed by atoms with Gasteiger partial charge in [0.05, 0.1) is 0 Å². The van der Waals surface area contributed by atoms with Crippen LogP contribution >= 0.6 is 0 Å². The molecule has 2 N–H and O–H groups in total. The maximum absolute atomic E-state index is 11.4. The van der Waals surface area contributed by atoms with Crippen LogP contribution in [0.2, 0.25) is 0 Å². The first-order valence-electron chi connectivity index (χ1n) is 4.75. The van der Waals surface area contributed by atoms with Gasteiger partial charge in [0, 0.05) is 18.5 Å². The van der Waals surface area contributed by atoms with E-state index in [1.165, 1.54) is 0 Å². The zero-order valence-corrected chi connectivity index (χ0v) is 7.89. The SMILES string of the molecule is CCC(C)C(=O)N[C@@H]1CCNC1. The van der Waals surface area contributed by atoms with E-state index in [2.05, 4.69) is 10.6 Å². The molecule has 12 heavy (non-hydrogen) atoms. The highest BCUT2D eigenvalue weighted by molar-refractivity contribution is 5.78. The van der Waals surface area contributed by atoms with Crippen molar-refractivity contribution in [1.29, 1.82) is 0 Å². The summed E-state index contributed by atoms with van der Waals surface area (Å²) in [5, 5.41) is 6.25. The van der Waals surface area contributed by atoms with Gasteiger partial charge in [-0.2, -0.15) is 0 Å². The highest BCUT2D eigenvalue weighted by Gasteiger charge is 2.18. The zero-order valence-electron chi connectivity index (χ0n) is 7.89. The molecule has 0 radical (unpaired) electrons. The molecule has 0 bridgehead atoms. The molecule has 3 heteroatoms. The van der Waals surface area contributed by atoms with Crippen molar-refractivity contribution >= 4 is 5.91 Å². The van der Waals surface area contributed by atoms with Crippen molar-refractivity contribution in [2.24, 2.45) is 5.92 Å². The van der Waals surface area contributed by atoms with E-state index >= 15 is 0 Å². The van der Waals surface area contributed by atoms with Gasteiger partial charge in [-0.25, -0.2) is 0 Å². The van der Waals surface area contributed by atoms with Crippen LogP contribution in [0.1, 0.15) is 26.7 Å². The van der Waals surface area contributed by atoms with E-state index in [0.29, 0.717) is 6.04 Å². The van der Waals surface area contributed by atoms with Crippen LogP contribution in [0, 0.1) is 5.92 Å². The summed E-state index contributed by atoms with van der Waals surface area (Å²) >= 11 is 0. The number of hydrogen-bond donors (Lipinski definition) is 2. The molecule has 0 aromatic heterocycles. The second kappa shape index (κ2) is 4.45. The summed E-state index contributed by atoms with van der Waals surface area (Å²) in [6.07, 6.45) is 1.99. The van der Waals surface area contributed by atoms with Crippen molar-refractivity contribution in [3.8, 4) is 0 Å². The molecule has 1 heterocycles. The molecule has 0 saturated carbocycles. The van der Waals surface area contributed by atoms with Crippen molar-refractivity contribution in [2.45, 2.75) is 32.7 Å². The van der Waals surface area contributed by atoms with E-state index in [-0.39, 0.29) is 11.8 Å². The zero-order chi connectivity index (χ0) is 8.97. The average Bonchev–Trinajstić information content (AvgIpc) is 2.55. The largest absolute Gasteiger partial charge is 0.352 e. The van der Waals surface area contributed by atoms with Crippen molar-refractivity contribution in [3.05, 3.63) is 0 Å². The van der Waals surface area contributed by atoms with E-state index in [1.807, 2.05) is 13.8 Å². The van der Waals surface area contributed by atoms with Crippen LogP contribution in [0.4, 0.5) is 0 Å². The summed E-state index contributed by atoms with van der Waals surface area (Å²) in [4.78, 5) is 11.4. The fraction of sp³-hybridized carbons (Fsp3) is 0.889. The summed E-state index contributed by atoms with van der Waals surface area (Å²) in [5.74, 6) is 0.358. The van der Waals surface area contributed by atoms with Crippen molar-refractivity contribution in [2.75, 3.05) is 13.1 Å². The summed E-state index contributed by atoms with van der Waals surface area (Å²) in [5.41, 5.74) is 0. The van der Waals surface area contributed by atoms with Crippen LogP contribution in [-0.2, 0) is 4.79 Å². The highest BCUT2D eigenvalue weighted by atomic mass is 16.1. The number of hydrogen-bond acceptors (Lipinski definition) is 2. The van der Waals surface area contributed by atoms with E-state index < -0.39 is 0 Å². The number of nitrogens with one attached hydrogen (secondary N) is 2. The van der Waals surface area contributed by atoms with Crippen molar-refractivity contribution in [3.63, 3.8) is 0 Å². The van der Waals surface area contributed by atoms with E-state index in [1.54, 1.807) is 0 Å². The summed E-state index contributed by atoms with van der Waals surface area (Å²) in [7, 11) is 0. The number of carbonyl (C=O) groups is 1. The third-order valence-corrected chi connectivity index (χ3v) is 2.47. The molecule has 1 fully saturated rings. The molecule has 2 atom stereocenters. The molecule has 0 spiro atoms. The summed E-state index contributed by atoms with van der Waals surface area (Å²) in [6.45, 7) is 5.97. The van der Waals surface area contributed by atoms with Gasteiger partial charge < -0.3 is 10.6 Å². The molecular formula is C9H18N2O. The third kappa shape index (κ3) is 2.48. The lowest BCUT2D eigenvalue weighted by Gasteiger charge is -2.14. The van der Waals surface area contributed by atoms with Crippen molar-refractivity contribution < 1.29 is 4.79 Å². The van der Waals surface area contributed by atoms with Crippen LogP contribution in [-0.4, -0.2) is 25.0 Å². The predicted molar refractivity (Wildman–Crippen MR) is 48.9 cm³/mol. The maximum Gasteiger partial charge on any atom is 0.223 e. The summed E-state index contributed by atoms with van der Waals surface area (Å²) in [6, 6.07) is 0.367. The van der Waals surface area contributed by atoms with Crippen LogP contribution in [0.5, 0.6) is 0 Å². The van der Waals surface area contributed by atoms with Crippen LogP contribution in [0.15, 0.2) is 0 Å².